The molecule has 0 aliphatic carbocycles. The number of nitrogens with zero attached hydrogens (tertiary/aromatic N) is 2. The molecule has 1 aromatic carbocycles. The van der Waals surface area contributed by atoms with E-state index in [9.17, 15) is 9.59 Å². The maximum atomic E-state index is 11.9. The average Bonchev–Trinajstić information content (AvgIpc) is 2.63. The Morgan fingerprint density at radius 3 is 2.78 bits per heavy atom. The quantitative estimate of drug-likeness (QED) is 0.797. The normalized spacial score (nSPS) is 22.2. The molecule has 2 heterocycles. The number of benzene rings is 1. The second kappa shape index (κ2) is 4.33. The highest BCUT2D eigenvalue weighted by Crippen LogP contribution is 2.25. The molecular formula is C13H14N2O3. The molecule has 0 spiro atoms. The topological polar surface area (TPSA) is 49.9 Å². The van der Waals surface area contributed by atoms with Crippen LogP contribution in [0.15, 0.2) is 30.3 Å². The molecule has 18 heavy (non-hydrogen) atoms. The summed E-state index contributed by atoms with van der Waals surface area (Å²) in [5.41, 5.74) is 0.460. The first-order valence-electron chi connectivity index (χ1n) is 6.11. The summed E-state index contributed by atoms with van der Waals surface area (Å²) in [4.78, 5) is 30.8. The lowest BCUT2D eigenvalue weighted by atomic mass is 10.1. The van der Waals surface area contributed by atoms with Crippen molar-refractivity contribution >= 4 is 12.0 Å². The van der Waals surface area contributed by atoms with Crippen LogP contribution in [0.5, 0.6) is 0 Å². The van der Waals surface area contributed by atoms with Crippen molar-refractivity contribution in [1.82, 2.24) is 9.96 Å². The van der Waals surface area contributed by atoms with E-state index in [1.54, 1.807) is 29.2 Å². The fraction of sp³-hybridized carbons (Fsp3) is 0.385. The molecule has 5 nitrogen and oxygen atoms in total. The molecule has 5 heteroatoms. The molecule has 2 aliphatic rings. The molecule has 0 N–H and O–H groups in total. The largest absolute Gasteiger partial charge is 0.363 e. The number of amides is 2. The van der Waals surface area contributed by atoms with Crippen LogP contribution in [0.4, 0.5) is 4.79 Å². The van der Waals surface area contributed by atoms with Crippen molar-refractivity contribution in [3.05, 3.63) is 35.9 Å². The van der Waals surface area contributed by atoms with Crippen LogP contribution < -0.4 is 0 Å². The Morgan fingerprint density at radius 2 is 2.06 bits per heavy atom. The first kappa shape index (κ1) is 11.1. The summed E-state index contributed by atoms with van der Waals surface area (Å²) >= 11 is 0. The summed E-state index contributed by atoms with van der Waals surface area (Å²) in [6.45, 7) is 1.43. The molecule has 2 fully saturated rings. The summed E-state index contributed by atoms with van der Waals surface area (Å²) in [6, 6.07) is 8.54. The van der Waals surface area contributed by atoms with Gasteiger partial charge in [-0.2, -0.15) is 0 Å². The summed E-state index contributed by atoms with van der Waals surface area (Å²) in [7, 11) is 0. The van der Waals surface area contributed by atoms with E-state index in [4.69, 9.17) is 4.84 Å². The molecule has 3 rings (SSSR count). The van der Waals surface area contributed by atoms with Gasteiger partial charge in [-0.25, -0.2) is 9.59 Å². The van der Waals surface area contributed by atoms with Crippen LogP contribution in [0.1, 0.15) is 23.2 Å². The van der Waals surface area contributed by atoms with Gasteiger partial charge in [0, 0.05) is 13.1 Å². The second-order valence-electron chi connectivity index (χ2n) is 4.60. The second-order valence-corrected chi connectivity index (χ2v) is 4.60. The zero-order valence-corrected chi connectivity index (χ0v) is 9.91. The highest BCUT2D eigenvalue weighted by atomic mass is 16.7. The molecular weight excluding hydrogens is 232 g/mol. The lowest BCUT2D eigenvalue weighted by molar-refractivity contribution is -0.0841. The Hall–Kier alpha value is -2.04. The van der Waals surface area contributed by atoms with Gasteiger partial charge in [0.15, 0.2) is 0 Å². The van der Waals surface area contributed by atoms with Crippen LogP contribution in [0.2, 0.25) is 0 Å². The third-order valence-electron chi connectivity index (χ3n) is 3.38. The van der Waals surface area contributed by atoms with Gasteiger partial charge < -0.3 is 9.74 Å². The summed E-state index contributed by atoms with van der Waals surface area (Å²) in [5, 5.41) is 1.24. The van der Waals surface area contributed by atoms with Crippen LogP contribution >= 0.6 is 0 Å². The van der Waals surface area contributed by atoms with Crippen molar-refractivity contribution in [3.8, 4) is 0 Å². The van der Waals surface area contributed by atoms with E-state index in [1.807, 2.05) is 6.07 Å². The highest BCUT2D eigenvalue weighted by Gasteiger charge is 2.42. The van der Waals surface area contributed by atoms with Gasteiger partial charge in [0.25, 0.3) is 0 Å². The number of fused-ring (bicyclic) bond motifs is 2. The molecule has 2 bridgehead atoms. The van der Waals surface area contributed by atoms with Crippen molar-refractivity contribution in [3.63, 3.8) is 0 Å². The zero-order chi connectivity index (χ0) is 12.5. The number of hydroxylamine groups is 2. The summed E-state index contributed by atoms with van der Waals surface area (Å²) < 4.78 is 0. The molecule has 0 aromatic heterocycles. The predicted octanol–water partition coefficient (Wildman–Crippen LogP) is 1.66. The number of hydrogen-bond donors (Lipinski definition) is 0. The van der Waals surface area contributed by atoms with Gasteiger partial charge in [-0.15, -0.1) is 5.06 Å². The van der Waals surface area contributed by atoms with E-state index >= 15 is 0 Å². The van der Waals surface area contributed by atoms with Gasteiger partial charge in [-0.05, 0) is 25.0 Å². The van der Waals surface area contributed by atoms with Crippen molar-refractivity contribution in [1.29, 1.82) is 0 Å². The number of urea groups is 1. The van der Waals surface area contributed by atoms with Crippen molar-refractivity contribution in [2.45, 2.75) is 18.9 Å². The van der Waals surface area contributed by atoms with Crippen LogP contribution in [0.25, 0.3) is 0 Å². The Labute approximate surface area is 105 Å². The van der Waals surface area contributed by atoms with E-state index in [0.29, 0.717) is 12.1 Å². The Morgan fingerprint density at radius 1 is 1.28 bits per heavy atom. The first-order valence-corrected chi connectivity index (χ1v) is 6.11. The zero-order valence-electron chi connectivity index (χ0n) is 9.91. The van der Waals surface area contributed by atoms with Crippen molar-refractivity contribution < 1.29 is 14.4 Å². The third kappa shape index (κ3) is 1.81. The Bertz CT molecular complexity index is 474. The minimum Gasteiger partial charge on any atom is -0.331 e. The molecule has 2 saturated heterocycles. The highest BCUT2D eigenvalue weighted by molar-refractivity contribution is 5.90. The Kier molecular flexibility index (Phi) is 2.66. The van der Waals surface area contributed by atoms with E-state index in [-0.39, 0.29) is 12.1 Å². The van der Waals surface area contributed by atoms with Crippen molar-refractivity contribution in [2.75, 3.05) is 13.1 Å². The molecule has 1 unspecified atom stereocenters. The molecule has 2 amide bonds. The fourth-order valence-electron chi connectivity index (χ4n) is 2.45. The Balaban J connectivity index is 1.73. The number of rotatable bonds is 2. The molecule has 2 aliphatic heterocycles. The predicted molar refractivity (Wildman–Crippen MR) is 63.7 cm³/mol. The van der Waals surface area contributed by atoms with Gasteiger partial charge in [0.05, 0.1) is 11.6 Å². The molecule has 0 radical (unpaired) electrons. The van der Waals surface area contributed by atoms with Gasteiger partial charge in [-0.3, -0.25) is 0 Å². The van der Waals surface area contributed by atoms with E-state index in [1.165, 1.54) is 5.06 Å². The maximum Gasteiger partial charge on any atom is 0.363 e. The van der Waals surface area contributed by atoms with Crippen LogP contribution in [0.3, 0.4) is 0 Å². The standard InChI is InChI=1S/C13H14N2O3/c16-12(10-5-2-1-3-6-10)18-15-11-7-4-8-14(9-11)13(15)17/h1-3,5-6,11H,4,7-9H2. The maximum absolute atomic E-state index is 11.9. The lowest BCUT2D eigenvalue weighted by Crippen LogP contribution is -2.35. The van der Waals surface area contributed by atoms with Crippen LogP contribution in [0, 0.1) is 0 Å². The third-order valence-corrected chi connectivity index (χ3v) is 3.38. The number of carbonyl (C=O) groups excluding carboxylic acids is 2. The minimum absolute atomic E-state index is 0.0129. The smallest absolute Gasteiger partial charge is 0.331 e. The number of hydrogen-bond acceptors (Lipinski definition) is 3. The lowest BCUT2D eigenvalue weighted by Gasteiger charge is -2.21. The van der Waals surface area contributed by atoms with E-state index in [2.05, 4.69) is 0 Å². The minimum atomic E-state index is -0.474. The van der Waals surface area contributed by atoms with Gasteiger partial charge in [-0.1, -0.05) is 18.2 Å². The van der Waals surface area contributed by atoms with Gasteiger partial charge in [0.1, 0.15) is 0 Å². The van der Waals surface area contributed by atoms with Crippen molar-refractivity contribution in [2.24, 2.45) is 0 Å². The molecule has 1 atom stereocenters. The molecule has 0 saturated carbocycles. The summed E-state index contributed by atoms with van der Waals surface area (Å²) in [5.74, 6) is -0.474. The number of carbonyl (C=O) groups is 2. The van der Waals surface area contributed by atoms with E-state index < -0.39 is 5.97 Å². The molecule has 1 aromatic rings. The number of piperidine rings is 1. The van der Waals surface area contributed by atoms with Gasteiger partial charge >= 0.3 is 12.0 Å². The van der Waals surface area contributed by atoms with Crippen LogP contribution in [-0.2, 0) is 4.84 Å². The SMILES string of the molecule is O=C(ON1C(=O)N2CCCC1C2)c1ccccc1. The summed E-state index contributed by atoms with van der Waals surface area (Å²) in [6.07, 6.45) is 1.86. The van der Waals surface area contributed by atoms with Crippen LogP contribution in [-0.4, -0.2) is 41.1 Å². The first-order chi connectivity index (χ1) is 8.75. The molecule has 94 valence electrons. The van der Waals surface area contributed by atoms with E-state index in [0.717, 1.165) is 19.4 Å². The van der Waals surface area contributed by atoms with Gasteiger partial charge in [0.2, 0.25) is 0 Å². The average molecular weight is 246 g/mol. The monoisotopic (exact) mass is 246 g/mol. The fourth-order valence-corrected chi connectivity index (χ4v) is 2.45.